The number of rotatable bonds is 13. The van der Waals surface area contributed by atoms with E-state index in [4.69, 9.17) is 9.47 Å². The Kier molecular flexibility index (Phi) is 12.5. The van der Waals surface area contributed by atoms with Crippen LogP contribution in [0.1, 0.15) is 71.1 Å². The van der Waals surface area contributed by atoms with E-state index in [1.165, 1.54) is 51.4 Å². The summed E-state index contributed by atoms with van der Waals surface area (Å²) < 4.78 is 10.7. The standard InChI is InChI=1S/C18H35BrO5/c1-2-3-4-5-6-7-8-9-10-11-12-23-17-15(20)14(13-19)24-18(22)16(17)21/h14-18,20-22H,2-13H2,1H3/t14-,15-,16-,17+,18?/m1/s1. The highest BCUT2D eigenvalue weighted by molar-refractivity contribution is 9.09. The Bertz CT molecular complexity index is 305. The zero-order valence-electron chi connectivity index (χ0n) is 14.9. The second-order valence-corrected chi connectivity index (χ2v) is 7.37. The van der Waals surface area contributed by atoms with Gasteiger partial charge in [0, 0.05) is 11.9 Å². The van der Waals surface area contributed by atoms with Gasteiger partial charge in [-0.25, -0.2) is 0 Å². The van der Waals surface area contributed by atoms with E-state index in [1.54, 1.807) is 0 Å². The van der Waals surface area contributed by atoms with Crippen LogP contribution in [0.5, 0.6) is 0 Å². The van der Waals surface area contributed by atoms with Gasteiger partial charge in [0.2, 0.25) is 0 Å². The second-order valence-electron chi connectivity index (χ2n) is 6.72. The van der Waals surface area contributed by atoms with Crippen molar-refractivity contribution in [2.75, 3.05) is 11.9 Å². The lowest BCUT2D eigenvalue weighted by Crippen LogP contribution is -2.59. The van der Waals surface area contributed by atoms with Crippen LogP contribution in [0.4, 0.5) is 0 Å². The molecule has 5 nitrogen and oxygen atoms in total. The quantitative estimate of drug-likeness (QED) is 0.321. The van der Waals surface area contributed by atoms with Gasteiger partial charge in [0.1, 0.15) is 18.3 Å². The van der Waals surface area contributed by atoms with Crippen LogP contribution < -0.4 is 0 Å². The van der Waals surface area contributed by atoms with Crippen LogP contribution in [0.2, 0.25) is 0 Å². The molecule has 6 heteroatoms. The molecule has 0 aromatic heterocycles. The molecule has 0 radical (unpaired) electrons. The van der Waals surface area contributed by atoms with Crippen molar-refractivity contribution in [1.82, 2.24) is 0 Å². The molecule has 24 heavy (non-hydrogen) atoms. The Morgan fingerprint density at radius 1 is 0.833 bits per heavy atom. The molecule has 0 aromatic carbocycles. The Morgan fingerprint density at radius 2 is 1.38 bits per heavy atom. The SMILES string of the molecule is CCCCCCCCCCCCO[C@H]1[C@H](O)[C@@H](CBr)OC(O)[C@@H]1O. The lowest BCUT2D eigenvalue weighted by Gasteiger charge is -2.40. The highest BCUT2D eigenvalue weighted by Crippen LogP contribution is 2.24. The molecular formula is C18H35BrO5. The Hall–Kier alpha value is 0.280. The minimum Gasteiger partial charge on any atom is -0.388 e. The molecule has 0 saturated carbocycles. The predicted octanol–water partition coefficient (Wildman–Crippen LogP) is 3.13. The van der Waals surface area contributed by atoms with Crippen molar-refractivity contribution < 1.29 is 24.8 Å². The monoisotopic (exact) mass is 410 g/mol. The van der Waals surface area contributed by atoms with Crippen LogP contribution in [-0.2, 0) is 9.47 Å². The van der Waals surface area contributed by atoms with Crippen molar-refractivity contribution in [2.24, 2.45) is 0 Å². The maximum atomic E-state index is 10.1. The number of alkyl halides is 1. The summed E-state index contributed by atoms with van der Waals surface area (Å²) in [6, 6.07) is 0. The van der Waals surface area contributed by atoms with Crippen LogP contribution in [0, 0.1) is 0 Å². The van der Waals surface area contributed by atoms with Crippen LogP contribution in [-0.4, -0.2) is 58.0 Å². The lowest BCUT2D eigenvalue weighted by atomic mass is 9.99. The number of aliphatic hydroxyl groups excluding tert-OH is 3. The van der Waals surface area contributed by atoms with Gasteiger partial charge in [-0.05, 0) is 6.42 Å². The highest BCUT2D eigenvalue weighted by Gasteiger charge is 2.44. The first-order valence-electron chi connectivity index (χ1n) is 9.49. The van der Waals surface area contributed by atoms with Crippen LogP contribution in [0.15, 0.2) is 0 Å². The van der Waals surface area contributed by atoms with E-state index in [1.807, 2.05) is 0 Å². The molecule has 1 heterocycles. The van der Waals surface area contributed by atoms with Crippen LogP contribution in [0.3, 0.4) is 0 Å². The fourth-order valence-corrected chi connectivity index (χ4v) is 3.59. The molecule has 1 saturated heterocycles. The van der Waals surface area contributed by atoms with E-state index in [-0.39, 0.29) is 0 Å². The lowest BCUT2D eigenvalue weighted by molar-refractivity contribution is -0.284. The first kappa shape index (κ1) is 22.3. The molecule has 0 spiro atoms. The molecule has 1 unspecified atom stereocenters. The van der Waals surface area contributed by atoms with Crippen LogP contribution >= 0.6 is 15.9 Å². The van der Waals surface area contributed by atoms with Gasteiger partial charge in [-0.2, -0.15) is 0 Å². The van der Waals surface area contributed by atoms with Gasteiger partial charge >= 0.3 is 0 Å². The molecule has 1 aliphatic rings. The smallest absolute Gasteiger partial charge is 0.184 e. The topological polar surface area (TPSA) is 79.2 Å². The zero-order chi connectivity index (χ0) is 17.8. The molecule has 0 aliphatic carbocycles. The molecule has 0 aromatic rings. The van der Waals surface area contributed by atoms with Gasteiger partial charge in [-0.15, -0.1) is 0 Å². The van der Waals surface area contributed by atoms with Crippen LogP contribution in [0.25, 0.3) is 0 Å². The number of unbranched alkanes of at least 4 members (excludes halogenated alkanes) is 9. The van der Waals surface area contributed by atoms with E-state index in [9.17, 15) is 15.3 Å². The normalized spacial score (nSPS) is 30.6. The van der Waals surface area contributed by atoms with E-state index in [2.05, 4.69) is 22.9 Å². The van der Waals surface area contributed by atoms with E-state index in [0.717, 1.165) is 12.8 Å². The average Bonchev–Trinajstić information content (AvgIpc) is 2.58. The second kappa shape index (κ2) is 13.5. The third kappa shape index (κ3) is 8.11. The number of hydrogen-bond acceptors (Lipinski definition) is 5. The Labute approximate surface area is 154 Å². The molecule has 5 atom stereocenters. The number of aliphatic hydroxyl groups is 3. The maximum absolute atomic E-state index is 10.1. The number of halogens is 1. The minimum atomic E-state index is -1.31. The number of hydrogen-bond donors (Lipinski definition) is 3. The molecule has 0 bridgehead atoms. The van der Waals surface area contributed by atoms with Gasteiger partial charge in [-0.1, -0.05) is 80.6 Å². The third-order valence-corrected chi connectivity index (χ3v) is 5.26. The Balaban J connectivity index is 2.05. The summed E-state index contributed by atoms with van der Waals surface area (Å²) in [6.45, 7) is 2.72. The van der Waals surface area contributed by atoms with E-state index >= 15 is 0 Å². The fraction of sp³-hybridized carbons (Fsp3) is 1.00. The van der Waals surface area contributed by atoms with E-state index < -0.39 is 30.7 Å². The summed E-state index contributed by atoms with van der Waals surface area (Å²) in [5.41, 5.74) is 0. The Morgan fingerprint density at radius 3 is 1.92 bits per heavy atom. The summed E-state index contributed by atoms with van der Waals surface area (Å²) in [6.07, 6.45) is 7.64. The molecular weight excluding hydrogens is 376 g/mol. The van der Waals surface area contributed by atoms with Crippen molar-refractivity contribution in [2.45, 2.75) is 102 Å². The molecule has 1 fully saturated rings. The van der Waals surface area contributed by atoms with Crippen molar-refractivity contribution in [1.29, 1.82) is 0 Å². The minimum absolute atomic E-state index is 0.385. The first-order valence-corrected chi connectivity index (χ1v) is 10.6. The summed E-state index contributed by atoms with van der Waals surface area (Å²) in [7, 11) is 0. The summed E-state index contributed by atoms with van der Waals surface area (Å²) in [5, 5.41) is 30.1. The summed E-state index contributed by atoms with van der Waals surface area (Å²) in [4.78, 5) is 0. The molecule has 1 rings (SSSR count). The molecule has 1 aliphatic heterocycles. The molecule has 3 N–H and O–H groups in total. The van der Waals surface area contributed by atoms with Gasteiger partial charge in [-0.3, -0.25) is 0 Å². The summed E-state index contributed by atoms with van der Waals surface area (Å²) >= 11 is 3.23. The summed E-state index contributed by atoms with van der Waals surface area (Å²) in [5.74, 6) is 0. The average molecular weight is 411 g/mol. The maximum Gasteiger partial charge on any atom is 0.184 e. The highest BCUT2D eigenvalue weighted by atomic mass is 79.9. The molecule has 144 valence electrons. The van der Waals surface area contributed by atoms with Gasteiger partial charge < -0.3 is 24.8 Å². The zero-order valence-corrected chi connectivity index (χ0v) is 16.5. The first-order chi connectivity index (χ1) is 11.6. The van der Waals surface area contributed by atoms with Crippen molar-refractivity contribution in [3.8, 4) is 0 Å². The van der Waals surface area contributed by atoms with E-state index in [0.29, 0.717) is 11.9 Å². The predicted molar refractivity (Wildman–Crippen MR) is 98.3 cm³/mol. The molecule has 0 amide bonds. The van der Waals surface area contributed by atoms with Crippen molar-refractivity contribution >= 4 is 15.9 Å². The van der Waals surface area contributed by atoms with Crippen molar-refractivity contribution in [3.63, 3.8) is 0 Å². The van der Waals surface area contributed by atoms with Gasteiger partial charge in [0.15, 0.2) is 6.29 Å². The number of ether oxygens (including phenoxy) is 2. The van der Waals surface area contributed by atoms with Gasteiger partial charge in [0.05, 0.1) is 6.10 Å². The van der Waals surface area contributed by atoms with Gasteiger partial charge in [0.25, 0.3) is 0 Å². The fourth-order valence-electron chi connectivity index (χ4n) is 3.05. The largest absolute Gasteiger partial charge is 0.388 e. The van der Waals surface area contributed by atoms with Crippen molar-refractivity contribution in [3.05, 3.63) is 0 Å². The third-order valence-electron chi connectivity index (χ3n) is 4.62.